The molecule has 0 bridgehead atoms. The standard InChI is InChI=1S/C22H27N5O2S/c28-19(25-10-12-26(13-11-25)21(29)18-8-9-18)15-30-22-24-23-20(17-6-7-17)27(22)14-16-4-2-1-3-5-16/h1-5,17-18H,6-15H2. The van der Waals surface area contributed by atoms with Crippen LogP contribution in [0.1, 0.15) is 43.0 Å². The molecule has 2 saturated carbocycles. The number of hydrogen-bond acceptors (Lipinski definition) is 5. The summed E-state index contributed by atoms with van der Waals surface area (Å²) in [6, 6.07) is 10.3. The molecular formula is C22H27N5O2S. The zero-order valence-electron chi connectivity index (χ0n) is 17.1. The van der Waals surface area contributed by atoms with Gasteiger partial charge < -0.3 is 14.4 Å². The molecule has 0 N–H and O–H groups in total. The van der Waals surface area contributed by atoms with Crippen LogP contribution in [-0.4, -0.2) is 68.3 Å². The Balaban J connectivity index is 1.19. The zero-order valence-corrected chi connectivity index (χ0v) is 17.9. The molecule has 2 heterocycles. The van der Waals surface area contributed by atoms with Gasteiger partial charge in [0.15, 0.2) is 5.16 Å². The summed E-state index contributed by atoms with van der Waals surface area (Å²) in [6.45, 7) is 3.30. The van der Waals surface area contributed by atoms with Crippen LogP contribution in [0.15, 0.2) is 35.5 Å². The van der Waals surface area contributed by atoms with Gasteiger partial charge in [-0.15, -0.1) is 10.2 Å². The van der Waals surface area contributed by atoms with Crippen LogP contribution < -0.4 is 0 Å². The van der Waals surface area contributed by atoms with Gasteiger partial charge >= 0.3 is 0 Å². The summed E-state index contributed by atoms with van der Waals surface area (Å²) in [4.78, 5) is 28.8. The number of nitrogens with zero attached hydrogens (tertiary/aromatic N) is 5. The normalized spacial score (nSPS) is 19.2. The average Bonchev–Trinajstić information content (AvgIpc) is 3.71. The van der Waals surface area contributed by atoms with Crippen LogP contribution in [0.3, 0.4) is 0 Å². The second-order valence-corrected chi connectivity index (χ2v) is 9.40. The number of thioether (sulfide) groups is 1. The molecule has 3 aliphatic rings. The second-order valence-electron chi connectivity index (χ2n) is 8.46. The molecule has 0 unspecified atom stereocenters. The molecule has 1 aromatic carbocycles. The first-order valence-electron chi connectivity index (χ1n) is 10.9. The lowest BCUT2D eigenvalue weighted by Gasteiger charge is -2.34. The van der Waals surface area contributed by atoms with Gasteiger partial charge in [0.1, 0.15) is 5.82 Å². The molecule has 30 heavy (non-hydrogen) atoms. The average molecular weight is 426 g/mol. The van der Waals surface area contributed by atoms with Crippen molar-refractivity contribution in [2.24, 2.45) is 5.92 Å². The minimum Gasteiger partial charge on any atom is -0.339 e. The number of carbonyl (C=O) groups excluding carboxylic acids is 2. The van der Waals surface area contributed by atoms with Crippen LogP contribution in [0.4, 0.5) is 0 Å². The molecule has 1 saturated heterocycles. The molecule has 2 amide bonds. The minimum absolute atomic E-state index is 0.112. The van der Waals surface area contributed by atoms with Crippen LogP contribution in [0.2, 0.25) is 0 Å². The van der Waals surface area contributed by atoms with Crippen molar-refractivity contribution in [3.05, 3.63) is 41.7 Å². The Morgan fingerprint density at radius 3 is 2.30 bits per heavy atom. The molecule has 3 fully saturated rings. The van der Waals surface area contributed by atoms with Crippen LogP contribution in [0, 0.1) is 5.92 Å². The predicted octanol–water partition coefficient (Wildman–Crippen LogP) is 2.38. The molecule has 5 rings (SSSR count). The van der Waals surface area contributed by atoms with Crippen molar-refractivity contribution in [3.63, 3.8) is 0 Å². The van der Waals surface area contributed by atoms with Crippen molar-refractivity contribution in [2.45, 2.75) is 43.3 Å². The third kappa shape index (κ3) is 4.38. The fourth-order valence-corrected chi connectivity index (χ4v) is 4.79. The molecule has 0 atom stereocenters. The molecule has 0 radical (unpaired) electrons. The summed E-state index contributed by atoms with van der Waals surface area (Å²) in [5.41, 5.74) is 1.21. The van der Waals surface area contributed by atoms with Crippen molar-refractivity contribution in [3.8, 4) is 0 Å². The third-order valence-corrected chi connectivity index (χ3v) is 7.02. The van der Waals surface area contributed by atoms with E-state index in [2.05, 4.69) is 26.9 Å². The van der Waals surface area contributed by atoms with Crippen molar-refractivity contribution in [1.82, 2.24) is 24.6 Å². The summed E-state index contributed by atoms with van der Waals surface area (Å²) in [5.74, 6) is 2.54. The third-order valence-electron chi connectivity index (χ3n) is 6.07. The highest BCUT2D eigenvalue weighted by molar-refractivity contribution is 7.99. The van der Waals surface area contributed by atoms with E-state index in [1.807, 2.05) is 28.0 Å². The lowest BCUT2D eigenvalue weighted by Crippen LogP contribution is -2.51. The molecule has 2 aliphatic carbocycles. The monoisotopic (exact) mass is 425 g/mol. The van der Waals surface area contributed by atoms with Crippen molar-refractivity contribution in [2.75, 3.05) is 31.9 Å². The number of hydrogen-bond donors (Lipinski definition) is 0. The topological polar surface area (TPSA) is 71.3 Å². The van der Waals surface area contributed by atoms with Gasteiger partial charge in [0.25, 0.3) is 0 Å². The number of aromatic nitrogens is 3. The van der Waals surface area contributed by atoms with Gasteiger partial charge in [-0.1, -0.05) is 42.1 Å². The number of amides is 2. The van der Waals surface area contributed by atoms with Crippen LogP contribution in [0.5, 0.6) is 0 Å². The maximum atomic E-state index is 12.8. The van der Waals surface area contributed by atoms with E-state index in [-0.39, 0.29) is 17.7 Å². The fourth-order valence-electron chi connectivity index (χ4n) is 3.95. The molecule has 8 heteroatoms. The summed E-state index contributed by atoms with van der Waals surface area (Å²) in [6.07, 6.45) is 4.39. The Morgan fingerprint density at radius 1 is 0.933 bits per heavy atom. The Hall–Kier alpha value is -2.35. The Morgan fingerprint density at radius 2 is 1.63 bits per heavy atom. The van der Waals surface area contributed by atoms with Gasteiger partial charge in [-0.25, -0.2) is 0 Å². The van der Waals surface area contributed by atoms with Crippen molar-refractivity contribution in [1.29, 1.82) is 0 Å². The molecule has 1 aliphatic heterocycles. The Kier molecular flexibility index (Phi) is 5.50. The van der Waals surface area contributed by atoms with E-state index in [0.717, 1.165) is 30.4 Å². The van der Waals surface area contributed by atoms with Crippen LogP contribution in [-0.2, 0) is 16.1 Å². The summed E-state index contributed by atoms with van der Waals surface area (Å²) in [5, 5.41) is 9.66. The molecule has 7 nitrogen and oxygen atoms in total. The fraction of sp³-hybridized carbons (Fsp3) is 0.545. The highest BCUT2D eigenvalue weighted by atomic mass is 32.2. The van der Waals surface area contributed by atoms with E-state index in [9.17, 15) is 9.59 Å². The summed E-state index contributed by atoms with van der Waals surface area (Å²) in [7, 11) is 0. The first-order valence-corrected chi connectivity index (χ1v) is 11.8. The van der Waals surface area contributed by atoms with Crippen LogP contribution in [0.25, 0.3) is 0 Å². The second kappa shape index (κ2) is 8.41. The van der Waals surface area contributed by atoms with Gasteiger partial charge in [0, 0.05) is 38.0 Å². The first kappa shape index (κ1) is 19.6. The zero-order chi connectivity index (χ0) is 20.5. The Labute approximate surface area is 180 Å². The minimum atomic E-state index is 0.112. The SMILES string of the molecule is O=C(CSc1nnc(C2CC2)n1Cc1ccccc1)N1CCN(C(=O)C2CC2)CC1. The number of carbonyl (C=O) groups is 2. The predicted molar refractivity (Wildman–Crippen MR) is 114 cm³/mol. The molecule has 158 valence electrons. The van der Waals surface area contributed by atoms with E-state index in [0.29, 0.717) is 37.8 Å². The van der Waals surface area contributed by atoms with Crippen molar-refractivity contribution >= 4 is 23.6 Å². The van der Waals surface area contributed by atoms with Gasteiger partial charge in [-0.3, -0.25) is 9.59 Å². The van der Waals surface area contributed by atoms with E-state index < -0.39 is 0 Å². The molecule has 0 spiro atoms. The lowest BCUT2D eigenvalue weighted by molar-refractivity contribution is -0.139. The van der Waals surface area contributed by atoms with Crippen LogP contribution >= 0.6 is 11.8 Å². The summed E-state index contributed by atoms with van der Waals surface area (Å²) < 4.78 is 2.18. The first-order chi connectivity index (χ1) is 14.7. The molecule has 1 aromatic heterocycles. The molecule has 2 aromatic rings. The van der Waals surface area contributed by atoms with Gasteiger partial charge in [-0.05, 0) is 31.2 Å². The lowest BCUT2D eigenvalue weighted by atomic mass is 10.2. The number of rotatable bonds is 7. The largest absolute Gasteiger partial charge is 0.339 e. The smallest absolute Gasteiger partial charge is 0.233 e. The van der Waals surface area contributed by atoms with Gasteiger partial charge in [-0.2, -0.15) is 0 Å². The summed E-state index contributed by atoms with van der Waals surface area (Å²) >= 11 is 1.47. The van der Waals surface area contributed by atoms with E-state index in [1.54, 1.807) is 0 Å². The number of benzene rings is 1. The number of piperazine rings is 1. The van der Waals surface area contributed by atoms with Gasteiger partial charge in [0.2, 0.25) is 11.8 Å². The van der Waals surface area contributed by atoms with E-state index >= 15 is 0 Å². The molecular weight excluding hydrogens is 398 g/mol. The maximum absolute atomic E-state index is 12.8. The highest BCUT2D eigenvalue weighted by Crippen LogP contribution is 2.40. The van der Waals surface area contributed by atoms with E-state index in [1.165, 1.54) is 30.2 Å². The van der Waals surface area contributed by atoms with Gasteiger partial charge in [0.05, 0.1) is 12.3 Å². The maximum Gasteiger partial charge on any atom is 0.233 e. The van der Waals surface area contributed by atoms with E-state index in [4.69, 9.17) is 0 Å². The Bertz CT molecular complexity index is 915. The highest BCUT2D eigenvalue weighted by Gasteiger charge is 2.35. The quantitative estimate of drug-likeness (QED) is 0.637. The van der Waals surface area contributed by atoms with Crippen molar-refractivity contribution < 1.29 is 9.59 Å².